The average molecular weight is 587 g/mol. The minimum Gasteiger partial charge on any atom is -0.309 e. The molecule has 4 heteroatoms. The van der Waals surface area contributed by atoms with Crippen molar-refractivity contribution in [2.45, 2.75) is 0 Å². The van der Waals surface area contributed by atoms with E-state index in [1.165, 1.54) is 27.2 Å². The van der Waals surface area contributed by atoms with E-state index >= 15 is 0 Å². The van der Waals surface area contributed by atoms with Gasteiger partial charge >= 0.3 is 0 Å². The fraction of sp³-hybridized carbons (Fsp3) is 0. The summed E-state index contributed by atoms with van der Waals surface area (Å²) in [6.07, 6.45) is 2.13. The van der Waals surface area contributed by atoms with Crippen molar-refractivity contribution in [1.29, 1.82) is 0 Å². The van der Waals surface area contributed by atoms with E-state index in [1.807, 2.05) is 10.6 Å². The van der Waals surface area contributed by atoms with Gasteiger partial charge in [-0.15, -0.1) is 0 Å². The fourth-order valence-corrected chi connectivity index (χ4v) is 7.27. The number of fused-ring (bicyclic) bond motifs is 10. The molecule has 0 aliphatic carbocycles. The molecule has 6 aromatic carbocycles. The fourth-order valence-electron chi connectivity index (χ4n) is 7.27. The van der Waals surface area contributed by atoms with Gasteiger partial charge in [0.15, 0.2) is 0 Å². The molecule has 0 aliphatic heterocycles. The maximum Gasteiger partial charge on any atom is 0.0933 e. The average Bonchev–Trinajstić information content (AvgIpc) is 3.67. The third-order valence-corrected chi connectivity index (χ3v) is 9.31. The van der Waals surface area contributed by atoms with Crippen LogP contribution in [-0.4, -0.2) is 19.2 Å². The van der Waals surface area contributed by atoms with Crippen LogP contribution in [0, 0.1) is 0 Å². The van der Waals surface area contributed by atoms with E-state index in [4.69, 9.17) is 10.1 Å². The Hall–Kier alpha value is -6.26. The van der Waals surface area contributed by atoms with Crippen LogP contribution >= 0.6 is 0 Å². The summed E-state index contributed by atoms with van der Waals surface area (Å²) in [5.74, 6) is 0. The van der Waals surface area contributed by atoms with Gasteiger partial charge in [-0.25, -0.2) is 9.50 Å². The number of rotatable bonds is 3. The first kappa shape index (κ1) is 25.1. The van der Waals surface area contributed by atoms with Crippen molar-refractivity contribution in [3.05, 3.63) is 158 Å². The monoisotopic (exact) mass is 586 g/mol. The van der Waals surface area contributed by atoms with Gasteiger partial charge in [0.25, 0.3) is 0 Å². The molecular weight excluding hydrogens is 560 g/mol. The number of benzene rings is 6. The molecule has 214 valence electrons. The zero-order chi connectivity index (χ0) is 30.2. The standard InChI is InChI=1S/C42H26N4/c1-2-13-30(14-3-1)46-38-20-9-6-17-33(38)41-39(46)24-22-34-40(41)32-16-5-7-18-35(32)43-42(34)28-12-10-11-27(25-28)29-21-23-37-31-15-4-8-19-36(31)44-45(37)26-29/h1-26H. The number of hydrogen-bond acceptors (Lipinski definition) is 2. The van der Waals surface area contributed by atoms with E-state index in [1.54, 1.807) is 0 Å². The summed E-state index contributed by atoms with van der Waals surface area (Å²) in [6, 6.07) is 53.9. The lowest BCUT2D eigenvalue weighted by Gasteiger charge is -2.13. The lowest BCUT2D eigenvalue weighted by Crippen LogP contribution is -1.94. The highest BCUT2D eigenvalue weighted by Crippen LogP contribution is 2.42. The number of nitrogens with zero attached hydrogens (tertiary/aromatic N) is 4. The van der Waals surface area contributed by atoms with Crippen LogP contribution in [0.4, 0.5) is 0 Å². The largest absolute Gasteiger partial charge is 0.309 e. The Balaban J connectivity index is 1.24. The number of pyridine rings is 2. The van der Waals surface area contributed by atoms with E-state index in [0.29, 0.717) is 0 Å². The van der Waals surface area contributed by atoms with Crippen LogP contribution < -0.4 is 0 Å². The first-order chi connectivity index (χ1) is 22.8. The van der Waals surface area contributed by atoms with Gasteiger partial charge in [-0.05, 0) is 54.1 Å². The maximum atomic E-state index is 5.31. The molecule has 0 saturated heterocycles. The summed E-state index contributed by atoms with van der Waals surface area (Å²) in [7, 11) is 0. The number of para-hydroxylation sites is 3. The van der Waals surface area contributed by atoms with Gasteiger partial charge in [-0.1, -0.05) is 103 Å². The van der Waals surface area contributed by atoms with Crippen molar-refractivity contribution < 1.29 is 0 Å². The molecule has 0 saturated carbocycles. The topological polar surface area (TPSA) is 35.1 Å². The predicted molar refractivity (Wildman–Crippen MR) is 191 cm³/mol. The third kappa shape index (κ3) is 3.61. The smallest absolute Gasteiger partial charge is 0.0933 e. The zero-order valence-corrected chi connectivity index (χ0v) is 24.8. The molecule has 0 radical (unpaired) electrons. The van der Waals surface area contributed by atoms with E-state index in [2.05, 4.69) is 156 Å². The highest BCUT2D eigenvalue weighted by molar-refractivity contribution is 6.29. The van der Waals surface area contributed by atoms with Gasteiger partial charge in [-0.2, -0.15) is 5.10 Å². The molecule has 10 aromatic rings. The van der Waals surface area contributed by atoms with Crippen LogP contribution in [0.3, 0.4) is 0 Å². The molecule has 4 aromatic heterocycles. The van der Waals surface area contributed by atoms with Crippen molar-refractivity contribution in [3.63, 3.8) is 0 Å². The molecular formula is C42H26N4. The van der Waals surface area contributed by atoms with E-state index in [9.17, 15) is 0 Å². The molecule has 0 fully saturated rings. The van der Waals surface area contributed by atoms with Crippen LogP contribution in [-0.2, 0) is 0 Å². The molecule has 46 heavy (non-hydrogen) atoms. The van der Waals surface area contributed by atoms with Crippen LogP contribution in [0.25, 0.3) is 88.0 Å². The van der Waals surface area contributed by atoms with Crippen molar-refractivity contribution in [2.75, 3.05) is 0 Å². The van der Waals surface area contributed by atoms with Gasteiger partial charge in [0.1, 0.15) is 0 Å². The summed E-state index contributed by atoms with van der Waals surface area (Å²) < 4.78 is 4.38. The number of hydrogen-bond donors (Lipinski definition) is 0. The van der Waals surface area contributed by atoms with E-state index in [0.717, 1.165) is 60.8 Å². The number of aromatic nitrogens is 4. The second-order valence-electron chi connectivity index (χ2n) is 11.9. The van der Waals surface area contributed by atoms with Crippen molar-refractivity contribution in [2.24, 2.45) is 0 Å². The van der Waals surface area contributed by atoms with Crippen LogP contribution in [0.2, 0.25) is 0 Å². The quantitative estimate of drug-likeness (QED) is 0.193. The molecule has 0 aliphatic rings. The Morgan fingerprint density at radius 2 is 1.13 bits per heavy atom. The second kappa shape index (κ2) is 9.62. The van der Waals surface area contributed by atoms with Gasteiger partial charge < -0.3 is 4.57 Å². The maximum absolute atomic E-state index is 5.31. The van der Waals surface area contributed by atoms with Crippen LogP contribution in [0.1, 0.15) is 0 Å². The minimum absolute atomic E-state index is 0.986. The summed E-state index contributed by atoms with van der Waals surface area (Å²) in [5, 5.41) is 12.0. The lowest BCUT2D eigenvalue weighted by molar-refractivity contribution is 0.983. The Bertz CT molecular complexity index is 2810. The normalized spacial score (nSPS) is 11.9. The second-order valence-corrected chi connectivity index (χ2v) is 11.9. The Labute approximate surface area is 264 Å². The molecule has 4 heterocycles. The first-order valence-corrected chi connectivity index (χ1v) is 15.6. The minimum atomic E-state index is 0.986. The molecule has 0 unspecified atom stereocenters. The van der Waals surface area contributed by atoms with Crippen molar-refractivity contribution in [1.82, 2.24) is 19.2 Å². The summed E-state index contributed by atoms with van der Waals surface area (Å²) in [4.78, 5) is 5.31. The highest BCUT2D eigenvalue weighted by Gasteiger charge is 2.19. The van der Waals surface area contributed by atoms with Gasteiger partial charge in [0.05, 0.1) is 33.3 Å². The molecule has 0 bridgehead atoms. The Kier molecular flexibility index (Phi) is 5.25. The molecule has 0 N–H and O–H groups in total. The summed E-state index contributed by atoms with van der Waals surface area (Å²) in [6.45, 7) is 0. The van der Waals surface area contributed by atoms with Gasteiger partial charge in [0.2, 0.25) is 0 Å². The molecule has 10 rings (SSSR count). The third-order valence-electron chi connectivity index (χ3n) is 9.31. The summed E-state index contributed by atoms with van der Waals surface area (Å²) in [5.41, 5.74) is 11.0. The van der Waals surface area contributed by atoms with Gasteiger partial charge in [0, 0.05) is 55.3 Å². The van der Waals surface area contributed by atoms with Crippen molar-refractivity contribution >= 4 is 59.9 Å². The SMILES string of the molecule is c1ccc(-n2c3ccccc3c3c4c(ccc32)c(-c2cccc(-c3ccc5c6ccccc6nn5c3)c2)nc2ccccc24)cc1. The summed E-state index contributed by atoms with van der Waals surface area (Å²) >= 11 is 0. The van der Waals surface area contributed by atoms with Crippen molar-refractivity contribution in [3.8, 4) is 28.1 Å². The predicted octanol–water partition coefficient (Wildman–Crippen LogP) is 10.6. The highest BCUT2D eigenvalue weighted by atomic mass is 15.2. The van der Waals surface area contributed by atoms with E-state index in [-0.39, 0.29) is 0 Å². The van der Waals surface area contributed by atoms with Gasteiger partial charge in [-0.3, -0.25) is 0 Å². The molecule has 0 amide bonds. The van der Waals surface area contributed by atoms with Crippen LogP contribution in [0.15, 0.2) is 158 Å². The first-order valence-electron chi connectivity index (χ1n) is 15.6. The molecule has 4 nitrogen and oxygen atoms in total. The van der Waals surface area contributed by atoms with E-state index < -0.39 is 0 Å². The molecule has 0 atom stereocenters. The zero-order valence-electron chi connectivity index (χ0n) is 24.8. The Morgan fingerprint density at radius 3 is 2.02 bits per heavy atom. The van der Waals surface area contributed by atoms with Crippen LogP contribution in [0.5, 0.6) is 0 Å². The lowest BCUT2D eigenvalue weighted by atomic mass is 9.95. The Morgan fingerprint density at radius 1 is 0.413 bits per heavy atom. The molecule has 0 spiro atoms.